The van der Waals surface area contributed by atoms with E-state index in [1.165, 1.54) is 23.8 Å². The highest BCUT2D eigenvalue weighted by molar-refractivity contribution is 5.67. The molecule has 1 N–H and O–H groups in total. The van der Waals surface area contributed by atoms with Crippen LogP contribution in [0.1, 0.15) is 29.5 Å². The van der Waals surface area contributed by atoms with Gasteiger partial charge in [0.2, 0.25) is 0 Å². The molecule has 1 unspecified atom stereocenters. The maximum Gasteiger partial charge on any atom is 0.407 e. The molecule has 0 radical (unpaired) electrons. The average molecular weight is 276 g/mol. The number of alkyl carbamates (subject to hydrolysis) is 1. The lowest BCUT2D eigenvalue weighted by atomic mass is 10.0. The third kappa shape index (κ3) is 3.97. The minimum absolute atomic E-state index is 0.196. The fraction of sp³-hybridized carbons (Fsp3) is 0.562. The number of likely N-dealkylation sites (tertiary alicyclic amines) is 1. The molecule has 1 aromatic rings. The molecule has 4 heteroatoms. The molecule has 0 aliphatic carbocycles. The summed E-state index contributed by atoms with van der Waals surface area (Å²) in [5.74, 6) is 0. The molecule has 0 saturated carbocycles. The molecule has 2 rings (SSSR count). The highest BCUT2D eigenvalue weighted by atomic mass is 16.5. The Kier molecular flexibility index (Phi) is 5.01. The summed E-state index contributed by atoms with van der Waals surface area (Å²) < 4.78 is 4.67. The number of rotatable bonds is 3. The summed E-state index contributed by atoms with van der Waals surface area (Å²) in [4.78, 5) is 13.7. The Balaban J connectivity index is 1.94. The Morgan fingerprint density at radius 3 is 2.95 bits per heavy atom. The summed E-state index contributed by atoms with van der Waals surface area (Å²) in [5.41, 5.74) is 4.01. The molecule has 20 heavy (non-hydrogen) atoms. The molecule has 1 saturated heterocycles. The number of methoxy groups -OCH3 is 1. The lowest BCUT2D eigenvalue weighted by Crippen LogP contribution is -2.47. The van der Waals surface area contributed by atoms with Crippen LogP contribution in [0.5, 0.6) is 0 Å². The second-order valence-corrected chi connectivity index (χ2v) is 5.64. The van der Waals surface area contributed by atoms with E-state index in [1.54, 1.807) is 0 Å². The molecule has 1 aromatic carbocycles. The van der Waals surface area contributed by atoms with Gasteiger partial charge in [-0.2, -0.15) is 0 Å². The molecule has 0 bridgehead atoms. The molecule has 110 valence electrons. The lowest BCUT2D eigenvalue weighted by molar-refractivity contribution is 0.145. The van der Waals surface area contributed by atoms with Gasteiger partial charge in [0.05, 0.1) is 7.11 Å². The van der Waals surface area contributed by atoms with Gasteiger partial charge in [-0.15, -0.1) is 0 Å². The summed E-state index contributed by atoms with van der Waals surface area (Å²) in [6.45, 7) is 7.21. The Morgan fingerprint density at radius 2 is 2.25 bits per heavy atom. The Hall–Kier alpha value is -1.55. The predicted molar refractivity (Wildman–Crippen MR) is 79.8 cm³/mol. The van der Waals surface area contributed by atoms with Gasteiger partial charge in [0, 0.05) is 19.1 Å². The normalized spacial score (nSPS) is 19.6. The number of nitrogens with zero attached hydrogens (tertiary/aromatic N) is 1. The average Bonchev–Trinajstić information content (AvgIpc) is 2.42. The van der Waals surface area contributed by atoms with Gasteiger partial charge in [-0.1, -0.05) is 23.8 Å². The van der Waals surface area contributed by atoms with Gasteiger partial charge in [0.15, 0.2) is 0 Å². The number of carbonyl (C=O) groups excluding carboxylic acids is 1. The van der Waals surface area contributed by atoms with E-state index in [9.17, 15) is 4.79 Å². The van der Waals surface area contributed by atoms with Crippen LogP contribution in [-0.4, -0.2) is 37.2 Å². The largest absolute Gasteiger partial charge is 0.453 e. The van der Waals surface area contributed by atoms with E-state index < -0.39 is 0 Å². The zero-order chi connectivity index (χ0) is 14.5. The number of nitrogens with one attached hydrogen (secondary N) is 1. The second kappa shape index (κ2) is 6.75. The molecule has 1 fully saturated rings. The number of piperidine rings is 1. The molecule has 1 amide bonds. The van der Waals surface area contributed by atoms with Crippen molar-refractivity contribution in [2.75, 3.05) is 20.2 Å². The van der Waals surface area contributed by atoms with Crippen molar-refractivity contribution in [1.29, 1.82) is 0 Å². The topological polar surface area (TPSA) is 41.6 Å². The maximum atomic E-state index is 11.3. The van der Waals surface area contributed by atoms with Crippen molar-refractivity contribution in [3.8, 4) is 0 Å². The van der Waals surface area contributed by atoms with E-state index in [2.05, 4.69) is 47.0 Å². The highest BCUT2D eigenvalue weighted by Crippen LogP contribution is 2.17. The van der Waals surface area contributed by atoms with Crippen molar-refractivity contribution in [3.05, 3.63) is 34.9 Å². The van der Waals surface area contributed by atoms with Gasteiger partial charge in [0.25, 0.3) is 0 Å². The molecule has 0 spiro atoms. The Morgan fingerprint density at radius 1 is 1.45 bits per heavy atom. The summed E-state index contributed by atoms with van der Waals surface area (Å²) in [6.07, 6.45) is 1.81. The van der Waals surface area contributed by atoms with Crippen LogP contribution >= 0.6 is 0 Å². The summed E-state index contributed by atoms with van der Waals surface area (Å²) in [6, 6.07) is 6.80. The number of ether oxygens (including phenoxy) is 1. The third-order valence-electron chi connectivity index (χ3n) is 3.90. The van der Waals surface area contributed by atoms with Gasteiger partial charge < -0.3 is 10.1 Å². The van der Waals surface area contributed by atoms with Gasteiger partial charge in [-0.3, -0.25) is 4.90 Å². The van der Waals surface area contributed by atoms with Crippen LogP contribution in [0.3, 0.4) is 0 Å². The first-order chi connectivity index (χ1) is 9.58. The zero-order valence-electron chi connectivity index (χ0n) is 12.6. The number of amides is 1. The lowest BCUT2D eigenvalue weighted by Gasteiger charge is -2.33. The van der Waals surface area contributed by atoms with Crippen molar-refractivity contribution in [2.24, 2.45) is 0 Å². The molecule has 4 nitrogen and oxygen atoms in total. The number of aryl methyl sites for hydroxylation is 2. The smallest absolute Gasteiger partial charge is 0.407 e. The SMILES string of the molecule is COC(=O)NC1CCCN(Cc2ccc(C)cc2C)C1. The van der Waals surface area contributed by atoms with Crippen LogP contribution in [-0.2, 0) is 11.3 Å². The van der Waals surface area contributed by atoms with Crippen LogP contribution in [0.25, 0.3) is 0 Å². The van der Waals surface area contributed by atoms with E-state index in [0.29, 0.717) is 0 Å². The predicted octanol–water partition coefficient (Wildman–Crippen LogP) is 2.62. The first kappa shape index (κ1) is 14.9. The number of hydrogen-bond donors (Lipinski definition) is 1. The number of benzene rings is 1. The van der Waals surface area contributed by atoms with Crippen molar-refractivity contribution in [2.45, 2.75) is 39.3 Å². The van der Waals surface area contributed by atoms with Crippen LogP contribution in [0.4, 0.5) is 4.79 Å². The quantitative estimate of drug-likeness (QED) is 0.922. The third-order valence-corrected chi connectivity index (χ3v) is 3.90. The van der Waals surface area contributed by atoms with Crippen LogP contribution in [0.2, 0.25) is 0 Å². The monoisotopic (exact) mass is 276 g/mol. The molecule has 1 atom stereocenters. The van der Waals surface area contributed by atoms with E-state index >= 15 is 0 Å². The van der Waals surface area contributed by atoms with Crippen LogP contribution < -0.4 is 5.32 Å². The van der Waals surface area contributed by atoms with E-state index in [4.69, 9.17) is 0 Å². The zero-order valence-corrected chi connectivity index (χ0v) is 12.6. The van der Waals surface area contributed by atoms with Crippen molar-refractivity contribution < 1.29 is 9.53 Å². The Bertz CT molecular complexity index is 474. The number of hydrogen-bond acceptors (Lipinski definition) is 3. The summed E-state index contributed by atoms with van der Waals surface area (Å²) >= 11 is 0. The van der Waals surface area contributed by atoms with Crippen molar-refractivity contribution >= 4 is 6.09 Å². The molecule has 0 aromatic heterocycles. The number of carbonyl (C=O) groups is 1. The summed E-state index contributed by atoms with van der Waals surface area (Å²) in [7, 11) is 1.41. The molecule has 1 aliphatic heterocycles. The fourth-order valence-corrected chi connectivity index (χ4v) is 2.81. The Labute approximate surface area is 121 Å². The van der Waals surface area contributed by atoms with E-state index in [0.717, 1.165) is 32.5 Å². The molecular formula is C16H24N2O2. The van der Waals surface area contributed by atoms with Gasteiger partial charge >= 0.3 is 6.09 Å². The standard InChI is InChI=1S/C16H24N2O2/c1-12-6-7-14(13(2)9-12)10-18-8-4-5-15(11-18)17-16(19)20-3/h6-7,9,15H,4-5,8,10-11H2,1-3H3,(H,17,19). The van der Waals surface area contributed by atoms with Gasteiger partial charge in [-0.25, -0.2) is 4.79 Å². The molecule has 1 aliphatic rings. The second-order valence-electron chi connectivity index (χ2n) is 5.64. The minimum atomic E-state index is -0.330. The minimum Gasteiger partial charge on any atom is -0.453 e. The van der Waals surface area contributed by atoms with Gasteiger partial charge in [0.1, 0.15) is 0 Å². The van der Waals surface area contributed by atoms with Crippen molar-refractivity contribution in [3.63, 3.8) is 0 Å². The first-order valence-electron chi connectivity index (χ1n) is 7.21. The maximum absolute atomic E-state index is 11.3. The fourth-order valence-electron chi connectivity index (χ4n) is 2.81. The van der Waals surface area contributed by atoms with Crippen LogP contribution in [0, 0.1) is 13.8 Å². The first-order valence-corrected chi connectivity index (χ1v) is 7.21. The molecular weight excluding hydrogens is 252 g/mol. The van der Waals surface area contributed by atoms with E-state index in [-0.39, 0.29) is 12.1 Å². The van der Waals surface area contributed by atoms with Crippen molar-refractivity contribution in [1.82, 2.24) is 10.2 Å². The molecule has 1 heterocycles. The van der Waals surface area contributed by atoms with Gasteiger partial charge in [-0.05, 0) is 44.4 Å². The van der Waals surface area contributed by atoms with Crippen LogP contribution in [0.15, 0.2) is 18.2 Å². The van der Waals surface area contributed by atoms with E-state index in [1.807, 2.05) is 0 Å². The highest BCUT2D eigenvalue weighted by Gasteiger charge is 2.21. The summed E-state index contributed by atoms with van der Waals surface area (Å²) in [5, 5.41) is 2.91.